The number of nitrogens with zero attached hydrogens (tertiary/aromatic N) is 1. The van der Waals surface area contributed by atoms with E-state index in [-0.39, 0.29) is 18.3 Å². The van der Waals surface area contributed by atoms with Crippen molar-refractivity contribution < 1.29 is 15.0 Å². The fourth-order valence-electron chi connectivity index (χ4n) is 1.69. The van der Waals surface area contributed by atoms with Gasteiger partial charge in [-0.3, -0.25) is 9.69 Å². The maximum Gasteiger partial charge on any atom is 0.266 e. The first-order valence-electron chi connectivity index (χ1n) is 5.77. The topological polar surface area (TPSA) is 60.8 Å². The van der Waals surface area contributed by atoms with Crippen molar-refractivity contribution in [2.45, 2.75) is 6.42 Å². The van der Waals surface area contributed by atoms with Gasteiger partial charge in [0.1, 0.15) is 10.1 Å². The zero-order chi connectivity index (χ0) is 13.8. The van der Waals surface area contributed by atoms with Gasteiger partial charge in [-0.05, 0) is 30.2 Å². The molecule has 0 radical (unpaired) electrons. The van der Waals surface area contributed by atoms with Crippen LogP contribution in [0.15, 0.2) is 29.2 Å². The number of phenolic OH excluding ortho intramolecular Hbond substituents is 1. The third-order valence-electron chi connectivity index (χ3n) is 2.58. The van der Waals surface area contributed by atoms with Gasteiger partial charge in [0.25, 0.3) is 5.91 Å². The van der Waals surface area contributed by atoms with Gasteiger partial charge in [0.05, 0.1) is 4.91 Å². The molecule has 1 amide bonds. The van der Waals surface area contributed by atoms with E-state index in [1.165, 1.54) is 16.7 Å². The number of carbonyl (C=O) groups is 1. The van der Waals surface area contributed by atoms with Crippen molar-refractivity contribution in [3.05, 3.63) is 34.7 Å². The predicted octanol–water partition coefficient (Wildman–Crippen LogP) is 1.98. The quantitative estimate of drug-likeness (QED) is 0.657. The molecule has 0 aliphatic carbocycles. The lowest BCUT2D eigenvalue weighted by Gasteiger charge is -2.12. The van der Waals surface area contributed by atoms with E-state index in [4.69, 9.17) is 17.3 Å². The van der Waals surface area contributed by atoms with E-state index in [0.29, 0.717) is 22.2 Å². The first kappa shape index (κ1) is 14.0. The molecule has 1 fully saturated rings. The molecule has 4 nitrogen and oxygen atoms in total. The van der Waals surface area contributed by atoms with Gasteiger partial charge in [-0.2, -0.15) is 0 Å². The third-order valence-corrected chi connectivity index (χ3v) is 3.96. The minimum Gasteiger partial charge on any atom is -0.508 e. The van der Waals surface area contributed by atoms with Gasteiger partial charge in [-0.25, -0.2) is 0 Å². The average molecular weight is 295 g/mol. The van der Waals surface area contributed by atoms with Crippen LogP contribution in [0.3, 0.4) is 0 Å². The van der Waals surface area contributed by atoms with Crippen LogP contribution in [-0.4, -0.2) is 38.5 Å². The minimum absolute atomic E-state index is 0.0304. The number of carbonyl (C=O) groups excluding carboxylic acids is 1. The van der Waals surface area contributed by atoms with Crippen molar-refractivity contribution in [2.75, 3.05) is 13.2 Å². The third kappa shape index (κ3) is 3.34. The summed E-state index contributed by atoms with van der Waals surface area (Å²) in [5.41, 5.74) is 0.752. The highest BCUT2D eigenvalue weighted by molar-refractivity contribution is 8.26. The molecular formula is C13H13NO3S2. The molecule has 0 saturated carbocycles. The van der Waals surface area contributed by atoms with Crippen molar-refractivity contribution in [3.63, 3.8) is 0 Å². The Bertz CT molecular complexity index is 542. The summed E-state index contributed by atoms with van der Waals surface area (Å²) in [5, 5.41) is 18.2. The summed E-state index contributed by atoms with van der Waals surface area (Å²) in [6.45, 7) is 0.460. The number of thioether (sulfide) groups is 1. The number of hydrogen-bond donors (Lipinski definition) is 2. The molecule has 1 saturated heterocycles. The molecule has 100 valence electrons. The van der Waals surface area contributed by atoms with Gasteiger partial charge in [0.15, 0.2) is 0 Å². The SMILES string of the molecule is O=C1/C(=C/c2cccc(O)c2)SC(=S)N1CCCO. The van der Waals surface area contributed by atoms with E-state index >= 15 is 0 Å². The Morgan fingerprint density at radius 2 is 2.21 bits per heavy atom. The summed E-state index contributed by atoms with van der Waals surface area (Å²) >= 11 is 6.38. The summed E-state index contributed by atoms with van der Waals surface area (Å²) in [5.74, 6) is 0.0105. The highest BCUT2D eigenvalue weighted by atomic mass is 32.2. The first-order valence-corrected chi connectivity index (χ1v) is 6.99. The maximum atomic E-state index is 12.1. The van der Waals surface area contributed by atoms with Crippen LogP contribution in [0.2, 0.25) is 0 Å². The number of rotatable bonds is 4. The Kier molecular flexibility index (Phi) is 4.57. The van der Waals surface area contributed by atoms with E-state index in [2.05, 4.69) is 0 Å². The zero-order valence-corrected chi connectivity index (χ0v) is 11.7. The van der Waals surface area contributed by atoms with Crippen molar-refractivity contribution in [3.8, 4) is 5.75 Å². The highest BCUT2D eigenvalue weighted by Gasteiger charge is 2.31. The molecule has 1 aliphatic heterocycles. The van der Waals surface area contributed by atoms with E-state index in [9.17, 15) is 9.90 Å². The molecule has 19 heavy (non-hydrogen) atoms. The van der Waals surface area contributed by atoms with E-state index in [1.807, 2.05) is 0 Å². The standard InChI is InChI=1S/C13H13NO3S2/c15-6-2-5-14-12(17)11(19-13(14)18)8-9-3-1-4-10(16)7-9/h1,3-4,7-8,15-16H,2,5-6H2/b11-8-. The van der Waals surface area contributed by atoms with Gasteiger partial charge in [0, 0.05) is 13.2 Å². The van der Waals surface area contributed by atoms with E-state index in [1.54, 1.807) is 30.3 Å². The van der Waals surface area contributed by atoms with Crippen LogP contribution in [-0.2, 0) is 4.79 Å². The van der Waals surface area contributed by atoms with Crippen LogP contribution in [0.25, 0.3) is 6.08 Å². The molecule has 2 N–H and O–H groups in total. The second-order valence-electron chi connectivity index (χ2n) is 4.01. The van der Waals surface area contributed by atoms with Gasteiger partial charge >= 0.3 is 0 Å². The fraction of sp³-hybridized carbons (Fsp3) is 0.231. The Balaban J connectivity index is 2.18. The van der Waals surface area contributed by atoms with Gasteiger partial charge in [0.2, 0.25) is 0 Å². The molecule has 0 aromatic heterocycles. The largest absolute Gasteiger partial charge is 0.508 e. The number of amides is 1. The molecule has 1 aliphatic rings. The van der Waals surface area contributed by atoms with Crippen LogP contribution >= 0.6 is 24.0 Å². The van der Waals surface area contributed by atoms with Crippen molar-refractivity contribution in [2.24, 2.45) is 0 Å². The van der Waals surface area contributed by atoms with E-state index < -0.39 is 0 Å². The molecule has 0 unspecified atom stereocenters. The molecule has 6 heteroatoms. The van der Waals surface area contributed by atoms with Crippen molar-refractivity contribution in [1.29, 1.82) is 0 Å². The van der Waals surface area contributed by atoms with Crippen LogP contribution in [0.1, 0.15) is 12.0 Å². The fourth-order valence-corrected chi connectivity index (χ4v) is 3.00. The molecular weight excluding hydrogens is 282 g/mol. The Labute approximate surface area is 120 Å². The molecule has 1 heterocycles. The predicted molar refractivity (Wildman–Crippen MR) is 79.7 cm³/mol. The Hall–Kier alpha value is -1.37. The van der Waals surface area contributed by atoms with Crippen LogP contribution in [0.4, 0.5) is 0 Å². The molecule has 0 bridgehead atoms. The highest BCUT2D eigenvalue weighted by Crippen LogP contribution is 2.32. The number of aliphatic hydroxyl groups excluding tert-OH is 1. The Morgan fingerprint density at radius 1 is 1.42 bits per heavy atom. The second-order valence-corrected chi connectivity index (χ2v) is 5.68. The maximum absolute atomic E-state index is 12.1. The van der Waals surface area contributed by atoms with Gasteiger partial charge in [-0.1, -0.05) is 36.1 Å². The number of thiocarbonyl (C=S) groups is 1. The lowest BCUT2D eigenvalue weighted by atomic mass is 10.2. The van der Waals surface area contributed by atoms with Gasteiger partial charge in [-0.15, -0.1) is 0 Å². The summed E-state index contributed by atoms with van der Waals surface area (Å²) in [6, 6.07) is 6.68. The number of aliphatic hydroxyl groups is 1. The van der Waals surface area contributed by atoms with Crippen molar-refractivity contribution >= 4 is 40.3 Å². The lowest BCUT2D eigenvalue weighted by Crippen LogP contribution is -2.29. The number of aromatic hydroxyl groups is 1. The number of phenols is 1. The van der Waals surface area contributed by atoms with E-state index in [0.717, 1.165) is 5.56 Å². The molecule has 0 atom stereocenters. The molecule has 0 spiro atoms. The van der Waals surface area contributed by atoms with Crippen LogP contribution < -0.4 is 0 Å². The summed E-state index contributed by atoms with van der Waals surface area (Å²) in [7, 11) is 0. The average Bonchev–Trinajstić information content (AvgIpc) is 2.62. The minimum atomic E-state index is -0.146. The smallest absolute Gasteiger partial charge is 0.266 e. The summed E-state index contributed by atoms with van der Waals surface area (Å²) in [4.78, 5) is 14.1. The molecule has 1 aromatic carbocycles. The first-order chi connectivity index (χ1) is 9.11. The lowest BCUT2D eigenvalue weighted by molar-refractivity contribution is -0.122. The number of hydrogen-bond acceptors (Lipinski definition) is 5. The summed E-state index contributed by atoms with van der Waals surface area (Å²) < 4.78 is 0.504. The van der Waals surface area contributed by atoms with Crippen molar-refractivity contribution in [1.82, 2.24) is 4.90 Å². The van der Waals surface area contributed by atoms with Crippen LogP contribution in [0.5, 0.6) is 5.75 Å². The number of benzene rings is 1. The normalized spacial score (nSPS) is 17.5. The Morgan fingerprint density at radius 3 is 2.89 bits per heavy atom. The zero-order valence-electron chi connectivity index (χ0n) is 10.1. The summed E-state index contributed by atoms with van der Waals surface area (Å²) in [6.07, 6.45) is 2.21. The molecule has 1 aromatic rings. The second kappa shape index (κ2) is 6.18. The molecule has 2 rings (SSSR count). The van der Waals surface area contributed by atoms with Gasteiger partial charge < -0.3 is 10.2 Å². The monoisotopic (exact) mass is 295 g/mol. The van der Waals surface area contributed by atoms with Crippen LogP contribution in [0, 0.1) is 0 Å².